The fourth-order valence-corrected chi connectivity index (χ4v) is 1.91. The SMILES string of the molecule is CCn1nc(NC(=O)C(C)n2ccc(C(=O)O)n2)cc1C. The zero-order valence-electron chi connectivity index (χ0n) is 12.1. The third-order valence-electron chi connectivity index (χ3n) is 3.14. The van der Waals surface area contributed by atoms with Gasteiger partial charge in [0.15, 0.2) is 11.5 Å². The van der Waals surface area contributed by atoms with E-state index in [-0.39, 0.29) is 11.6 Å². The van der Waals surface area contributed by atoms with Crippen molar-refractivity contribution in [2.45, 2.75) is 33.4 Å². The Morgan fingerprint density at radius 1 is 1.43 bits per heavy atom. The number of nitrogens with zero attached hydrogens (tertiary/aromatic N) is 4. The number of aryl methyl sites for hydroxylation is 2. The number of carboxylic acids is 1. The zero-order chi connectivity index (χ0) is 15.6. The first kappa shape index (κ1) is 14.8. The molecule has 8 heteroatoms. The van der Waals surface area contributed by atoms with Crippen LogP contribution in [0.15, 0.2) is 18.3 Å². The molecule has 0 radical (unpaired) electrons. The van der Waals surface area contributed by atoms with Crippen molar-refractivity contribution in [3.8, 4) is 0 Å². The minimum atomic E-state index is -1.13. The van der Waals surface area contributed by atoms with Crippen LogP contribution in [0.5, 0.6) is 0 Å². The van der Waals surface area contributed by atoms with Crippen LogP contribution in [-0.4, -0.2) is 36.5 Å². The zero-order valence-corrected chi connectivity index (χ0v) is 12.1. The van der Waals surface area contributed by atoms with Gasteiger partial charge in [0, 0.05) is 24.5 Å². The molecule has 1 unspecified atom stereocenters. The Labute approximate surface area is 121 Å². The van der Waals surface area contributed by atoms with Gasteiger partial charge in [-0.05, 0) is 26.8 Å². The number of rotatable bonds is 5. The van der Waals surface area contributed by atoms with Gasteiger partial charge in [0.2, 0.25) is 5.91 Å². The van der Waals surface area contributed by atoms with Crippen LogP contribution in [0.4, 0.5) is 5.82 Å². The molecule has 0 saturated carbocycles. The lowest BCUT2D eigenvalue weighted by Crippen LogP contribution is -2.24. The van der Waals surface area contributed by atoms with Gasteiger partial charge in [-0.1, -0.05) is 0 Å². The monoisotopic (exact) mass is 291 g/mol. The van der Waals surface area contributed by atoms with E-state index in [9.17, 15) is 9.59 Å². The summed E-state index contributed by atoms with van der Waals surface area (Å²) in [6.45, 7) is 6.23. The Balaban J connectivity index is 2.09. The highest BCUT2D eigenvalue weighted by molar-refractivity contribution is 5.92. The minimum absolute atomic E-state index is 0.0965. The third kappa shape index (κ3) is 3.10. The molecule has 2 aromatic rings. The van der Waals surface area contributed by atoms with Crippen molar-refractivity contribution < 1.29 is 14.7 Å². The summed E-state index contributed by atoms with van der Waals surface area (Å²) in [6.07, 6.45) is 1.46. The van der Waals surface area contributed by atoms with Crippen molar-refractivity contribution in [3.05, 3.63) is 29.7 Å². The highest BCUT2D eigenvalue weighted by Crippen LogP contribution is 2.12. The fourth-order valence-electron chi connectivity index (χ4n) is 1.91. The lowest BCUT2D eigenvalue weighted by Gasteiger charge is -2.11. The van der Waals surface area contributed by atoms with E-state index in [2.05, 4.69) is 15.5 Å². The summed E-state index contributed by atoms with van der Waals surface area (Å²) in [4.78, 5) is 22.9. The molecule has 8 nitrogen and oxygen atoms in total. The van der Waals surface area contributed by atoms with Gasteiger partial charge in [-0.15, -0.1) is 0 Å². The van der Waals surface area contributed by atoms with E-state index < -0.39 is 12.0 Å². The molecule has 0 fully saturated rings. The summed E-state index contributed by atoms with van der Waals surface area (Å²) in [7, 11) is 0. The molecule has 0 spiro atoms. The van der Waals surface area contributed by atoms with Gasteiger partial charge >= 0.3 is 5.97 Å². The smallest absolute Gasteiger partial charge is 0.356 e. The first-order valence-corrected chi connectivity index (χ1v) is 6.56. The van der Waals surface area contributed by atoms with Crippen molar-refractivity contribution in [1.29, 1.82) is 0 Å². The van der Waals surface area contributed by atoms with E-state index in [1.165, 1.54) is 16.9 Å². The summed E-state index contributed by atoms with van der Waals surface area (Å²) >= 11 is 0. The van der Waals surface area contributed by atoms with E-state index in [1.807, 2.05) is 13.8 Å². The second-order valence-corrected chi connectivity index (χ2v) is 4.64. The number of aromatic nitrogens is 4. The maximum atomic E-state index is 12.1. The van der Waals surface area contributed by atoms with Crippen molar-refractivity contribution >= 4 is 17.7 Å². The maximum absolute atomic E-state index is 12.1. The van der Waals surface area contributed by atoms with Crippen LogP contribution in [0.2, 0.25) is 0 Å². The molecule has 0 bridgehead atoms. The van der Waals surface area contributed by atoms with Crippen LogP contribution < -0.4 is 5.32 Å². The highest BCUT2D eigenvalue weighted by atomic mass is 16.4. The largest absolute Gasteiger partial charge is 0.476 e. The number of hydrogen-bond acceptors (Lipinski definition) is 4. The summed E-state index contributed by atoms with van der Waals surface area (Å²) < 4.78 is 3.08. The first-order chi connectivity index (χ1) is 9.92. The normalized spacial score (nSPS) is 12.1. The molecule has 0 saturated heterocycles. The van der Waals surface area contributed by atoms with Crippen LogP contribution in [0, 0.1) is 6.92 Å². The van der Waals surface area contributed by atoms with Gasteiger partial charge in [-0.25, -0.2) is 4.79 Å². The van der Waals surface area contributed by atoms with Crippen molar-refractivity contribution in [2.24, 2.45) is 0 Å². The van der Waals surface area contributed by atoms with Gasteiger partial charge in [0.05, 0.1) is 0 Å². The molecule has 2 aromatic heterocycles. The lowest BCUT2D eigenvalue weighted by molar-refractivity contribution is -0.119. The van der Waals surface area contributed by atoms with E-state index >= 15 is 0 Å². The molecule has 0 aliphatic carbocycles. The average molecular weight is 291 g/mol. The minimum Gasteiger partial charge on any atom is -0.476 e. The molecule has 2 rings (SSSR count). The number of aromatic carboxylic acids is 1. The van der Waals surface area contributed by atoms with Gasteiger partial charge < -0.3 is 10.4 Å². The molecule has 0 aliphatic heterocycles. The van der Waals surface area contributed by atoms with Crippen LogP contribution in [0.3, 0.4) is 0 Å². The molecule has 0 aromatic carbocycles. The molecule has 21 heavy (non-hydrogen) atoms. The quantitative estimate of drug-likeness (QED) is 0.864. The number of nitrogens with one attached hydrogen (secondary N) is 1. The summed E-state index contributed by atoms with van der Waals surface area (Å²) in [5.74, 6) is -0.966. The van der Waals surface area contributed by atoms with Crippen molar-refractivity contribution in [1.82, 2.24) is 19.6 Å². The summed E-state index contributed by atoms with van der Waals surface area (Å²) in [5, 5.41) is 19.6. The van der Waals surface area contributed by atoms with Crippen LogP contribution in [0.25, 0.3) is 0 Å². The second kappa shape index (κ2) is 5.78. The topological polar surface area (TPSA) is 102 Å². The molecule has 0 aliphatic rings. The molecule has 2 N–H and O–H groups in total. The van der Waals surface area contributed by atoms with Crippen molar-refractivity contribution in [3.63, 3.8) is 0 Å². The fraction of sp³-hybridized carbons (Fsp3) is 0.385. The second-order valence-electron chi connectivity index (χ2n) is 4.64. The lowest BCUT2D eigenvalue weighted by atomic mass is 10.3. The average Bonchev–Trinajstić information content (AvgIpc) is 3.04. The molecular weight excluding hydrogens is 274 g/mol. The van der Waals surface area contributed by atoms with E-state index in [0.717, 1.165) is 12.2 Å². The molecule has 2 heterocycles. The molecule has 1 amide bonds. The van der Waals surface area contributed by atoms with Crippen molar-refractivity contribution in [2.75, 3.05) is 5.32 Å². The van der Waals surface area contributed by atoms with Gasteiger partial charge in [0.1, 0.15) is 6.04 Å². The number of carbonyl (C=O) groups excluding carboxylic acids is 1. The van der Waals surface area contributed by atoms with E-state index in [0.29, 0.717) is 5.82 Å². The molecule has 1 atom stereocenters. The van der Waals surface area contributed by atoms with Crippen LogP contribution in [0.1, 0.15) is 36.1 Å². The Kier molecular flexibility index (Phi) is 4.06. The number of hydrogen-bond donors (Lipinski definition) is 2. The maximum Gasteiger partial charge on any atom is 0.356 e. The van der Waals surface area contributed by atoms with Gasteiger partial charge in [-0.2, -0.15) is 10.2 Å². The van der Waals surface area contributed by atoms with Crippen LogP contribution >= 0.6 is 0 Å². The number of anilines is 1. The number of amides is 1. The van der Waals surface area contributed by atoms with Gasteiger partial charge in [-0.3, -0.25) is 14.2 Å². The molecular formula is C13H17N5O3. The predicted octanol–water partition coefficient (Wildman–Crippen LogP) is 1.31. The molecule has 112 valence electrons. The highest BCUT2D eigenvalue weighted by Gasteiger charge is 2.19. The number of carbonyl (C=O) groups is 2. The summed E-state index contributed by atoms with van der Waals surface area (Å²) in [6, 6.07) is 2.49. The Hall–Kier alpha value is -2.64. The Morgan fingerprint density at radius 3 is 2.67 bits per heavy atom. The standard InChI is InChI=1S/C13H17N5O3/c1-4-17-8(2)7-11(16-17)14-12(19)9(3)18-6-5-10(15-18)13(20)21/h5-7,9H,4H2,1-3H3,(H,20,21)(H,14,16,19). The predicted molar refractivity (Wildman–Crippen MR) is 75.2 cm³/mol. The van der Waals surface area contributed by atoms with Gasteiger partial charge in [0.25, 0.3) is 0 Å². The Morgan fingerprint density at radius 2 is 2.14 bits per heavy atom. The third-order valence-corrected chi connectivity index (χ3v) is 3.14. The number of carboxylic acid groups (broad SMARTS) is 1. The van der Waals surface area contributed by atoms with E-state index in [1.54, 1.807) is 17.7 Å². The van der Waals surface area contributed by atoms with E-state index in [4.69, 9.17) is 5.11 Å². The first-order valence-electron chi connectivity index (χ1n) is 6.56. The summed E-state index contributed by atoms with van der Waals surface area (Å²) in [5.41, 5.74) is 0.855. The van der Waals surface area contributed by atoms with Crippen LogP contribution in [-0.2, 0) is 11.3 Å². The Bertz CT molecular complexity index is 673.